The van der Waals surface area contributed by atoms with Crippen molar-refractivity contribution in [3.05, 3.63) is 29.3 Å². The zero-order valence-electron chi connectivity index (χ0n) is 11.7. The Hall–Kier alpha value is -1.02. The van der Waals surface area contributed by atoms with Gasteiger partial charge in [0.15, 0.2) is 0 Å². The second kappa shape index (κ2) is 5.31. The molecule has 0 radical (unpaired) electrons. The fourth-order valence-electron chi connectivity index (χ4n) is 3.30. The molecule has 0 bridgehead atoms. The highest BCUT2D eigenvalue weighted by atomic mass is 16.5. The summed E-state index contributed by atoms with van der Waals surface area (Å²) in [6, 6.07) is 6.24. The van der Waals surface area contributed by atoms with Crippen LogP contribution in [0, 0.1) is 5.92 Å². The van der Waals surface area contributed by atoms with E-state index in [1.807, 2.05) is 6.07 Å². The van der Waals surface area contributed by atoms with Gasteiger partial charge < -0.3 is 9.84 Å². The van der Waals surface area contributed by atoms with Crippen molar-refractivity contribution >= 4 is 0 Å². The average Bonchev–Trinajstić information content (AvgIpc) is 2.39. The molecule has 0 heterocycles. The Balaban J connectivity index is 2.27. The molecule has 1 atom stereocenters. The minimum absolute atomic E-state index is 0.400. The van der Waals surface area contributed by atoms with Crippen molar-refractivity contribution in [3.63, 3.8) is 0 Å². The van der Waals surface area contributed by atoms with Crippen LogP contribution in [0.4, 0.5) is 0 Å². The van der Waals surface area contributed by atoms with E-state index in [1.165, 1.54) is 11.1 Å². The number of aryl methyl sites for hydroxylation is 1. The number of aliphatic hydroxyl groups is 1. The van der Waals surface area contributed by atoms with Gasteiger partial charge in [-0.1, -0.05) is 32.8 Å². The van der Waals surface area contributed by atoms with Gasteiger partial charge in [-0.3, -0.25) is 0 Å². The van der Waals surface area contributed by atoms with Gasteiger partial charge in [-0.05, 0) is 42.0 Å². The summed E-state index contributed by atoms with van der Waals surface area (Å²) in [5.74, 6) is 1.29. The predicted octanol–water partition coefficient (Wildman–Crippen LogP) is 3.35. The summed E-state index contributed by atoms with van der Waals surface area (Å²) >= 11 is 0. The SMILES string of the molecule is CCC(CC)C1(O)CCc2ccc(OC)cc2C1. The molecule has 2 nitrogen and oxygen atoms in total. The monoisotopic (exact) mass is 248 g/mol. The molecule has 1 aliphatic rings. The van der Waals surface area contributed by atoms with Crippen LogP contribution in [0.25, 0.3) is 0 Å². The lowest BCUT2D eigenvalue weighted by Gasteiger charge is -2.39. The maximum atomic E-state index is 10.9. The van der Waals surface area contributed by atoms with Gasteiger partial charge >= 0.3 is 0 Å². The van der Waals surface area contributed by atoms with Gasteiger partial charge in [-0.15, -0.1) is 0 Å². The smallest absolute Gasteiger partial charge is 0.119 e. The van der Waals surface area contributed by atoms with E-state index < -0.39 is 5.60 Å². The van der Waals surface area contributed by atoms with Crippen molar-refractivity contribution in [1.82, 2.24) is 0 Å². The normalized spacial score (nSPS) is 22.9. The molecule has 0 saturated heterocycles. The second-order valence-corrected chi connectivity index (χ2v) is 5.43. The minimum Gasteiger partial charge on any atom is -0.497 e. The number of hydrogen-bond acceptors (Lipinski definition) is 2. The van der Waals surface area contributed by atoms with E-state index in [9.17, 15) is 5.11 Å². The average molecular weight is 248 g/mol. The number of rotatable bonds is 4. The molecule has 0 saturated carbocycles. The summed E-state index contributed by atoms with van der Waals surface area (Å²) in [6.07, 6.45) is 4.73. The lowest BCUT2D eigenvalue weighted by molar-refractivity contribution is -0.0336. The molecule has 1 N–H and O–H groups in total. The first-order valence-corrected chi connectivity index (χ1v) is 7.01. The molecule has 2 heteroatoms. The Kier molecular flexibility index (Phi) is 3.96. The van der Waals surface area contributed by atoms with Crippen LogP contribution in [-0.4, -0.2) is 17.8 Å². The highest BCUT2D eigenvalue weighted by Gasteiger charge is 2.37. The standard InChI is InChI=1S/C16H24O2/c1-4-14(5-2)16(17)9-8-12-6-7-15(18-3)10-13(12)11-16/h6-7,10,14,17H,4-5,8-9,11H2,1-3H3. The summed E-state index contributed by atoms with van der Waals surface area (Å²) in [6.45, 7) is 4.35. The molecule has 2 rings (SSSR count). The molecule has 1 aromatic rings. The first kappa shape index (κ1) is 13.4. The van der Waals surface area contributed by atoms with Crippen molar-refractivity contribution in [2.24, 2.45) is 5.92 Å². The Morgan fingerprint density at radius 2 is 2.00 bits per heavy atom. The molecule has 1 aromatic carbocycles. The van der Waals surface area contributed by atoms with E-state index in [0.717, 1.165) is 37.9 Å². The lowest BCUT2D eigenvalue weighted by atomic mass is 9.71. The van der Waals surface area contributed by atoms with Crippen LogP contribution in [0.1, 0.15) is 44.2 Å². The highest BCUT2D eigenvalue weighted by molar-refractivity contribution is 5.38. The molecule has 18 heavy (non-hydrogen) atoms. The Morgan fingerprint density at radius 1 is 1.28 bits per heavy atom. The first-order valence-electron chi connectivity index (χ1n) is 7.01. The summed E-state index contributed by atoms with van der Waals surface area (Å²) in [5.41, 5.74) is 2.10. The van der Waals surface area contributed by atoms with Crippen LogP contribution in [0.15, 0.2) is 18.2 Å². The van der Waals surface area contributed by atoms with E-state index >= 15 is 0 Å². The van der Waals surface area contributed by atoms with E-state index in [4.69, 9.17) is 4.74 Å². The van der Waals surface area contributed by atoms with Crippen molar-refractivity contribution in [1.29, 1.82) is 0 Å². The number of methoxy groups -OCH3 is 1. The van der Waals surface area contributed by atoms with Gasteiger partial charge in [-0.2, -0.15) is 0 Å². The van der Waals surface area contributed by atoms with Gasteiger partial charge in [0.1, 0.15) is 5.75 Å². The van der Waals surface area contributed by atoms with Crippen molar-refractivity contribution in [2.45, 2.75) is 51.6 Å². The van der Waals surface area contributed by atoms with Crippen LogP contribution in [0.2, 0.25) is 0 Å². The molecule has 0 fully saturated rings. The first-order chi connectivity index (χ1) is 8.62. The quantitative estimate of drug-likeness (QED) is 0.885. The molecule has 0 aliphatic heterocycles. The summed E-state index contributed by atoms with van der Waals surface area (Å²) in [4.78, 5) is 0. The zero-order valence-corrected chi connectivity index (χ0v) is 11.7. The number of ether oxygens (including phenoxy) is 1. The molecule has 1 aliphatic carbocycles. The molecule has 1 unspecified atom stereocenters. The minimum atomic E-state index is -0.525. The molecule has 0 spiro atoms. The Bertz CT molecular complexity index is 410. The Labute approximate surface area is 110 Å². The summed E-state index contributed by atoms with van der Waals surface area (Å²) in [5, 5.41) is 10.9. The van der Waals surface area contributed by atoms with Crippen molar-refractivity contribution < 1.29 is 9.84 Å². The molecule has 0 amide bonds. The van der Waals surface area contributed by atoms with Gasteiger partial charge in [0.05, 0.1) is 12.7 Å². The topological polar surface area (TPSA) is 29.5 Å². The van der Waals surface area contributed by atoms with E-state index in [-0.39, 0.29) is 0 Å². The van der Waals surface area contributed by atoms with Gasteiger partial charge in [0.25, 0.3) is 0 Å². The maximum Gasteiger partial charge on any atom is 0.119 e. The van der Waals surface area contributed by atoms with Crippen LogP contribution < -0.4 is 4.74 Å². The number of benzene rings is 1. The summed E-state index contributed by atoms with van der Waals surface area (Å²) < 4.78 is 5.28. The third kappa shape index (κ3) is 2.39. The van der Waals surface area contributed by atoms with Crippen molar-refractivity contribution in [2.75, 3.05) is 7.11 Å². The predicted molar refractivity (Wildman–Crippen MR) is 74.0 cm³/mol. The fourth-order valence-corrected chi connectivity index (χ4v) is 3.30. The molecular formula is C16H24O2. The van der Waals surface area contributed by atoms with E-state index in [1.54, 1.807) is 7.11 Å². The lowest BCUT2D eigenvalue weighted by Crippen LogP contribution is -2.42. The number of fused-ring (bicyclic) bond motifs is 1. The van der Waals surface area contributed by atoms with Crippen molar-refractivity contribution in [3.8, 4) is 5.75 Å². The Morgan fingerprint density at radius 3 is 2.61 bits per heavy atom. The van der Waals surface area contributed by atoms with Crippen LogP contribution >= 0.6 is 0 Å². The number of hydrogen-bond donors (Lipinski definition) is 1. The fraction of sp³-hybridized carbons (Fsp3) is 0.625. The van der Waals surface area contributed by atoms with Crippen LogP contribution in [0.5, 0.6) is 5.75 Å². The van der Waals surface area contributed by atoms with Gasteiger partial charge in [0.2, 0.25) is 0 Å². The maximum absolute atomic E-state index is 10.9. The molecular weight excluding hydrogens is 224 g/mol. The van der Waals surface area contributed by atoms with E-state index in [0.29, 0.717) is 5.92 Å². The zero-order chi connectivity index (χ0) is 13.2. The highest BCUT2D eigenvalue weighted by Crippen LogP contribution is 2.38. The molecule has 0 aromatic heterocycles. The third-order valence-electron chi connectivity index (χ3n) is 4.48. The second-order valence-electron chi connectivity index (χ2n) is 5.43. The van der Waals surface area contributed by atoms with E-state index in [2.05, 4.69) is 26.0 Å². The van der Waals surface area contributed by atoms with Crippen LogP contribution in [0.3, 0.4) is 0 Å². The third-order valence-corrected chi connectivity index (χ3v) is 4.48. The molecule has 100 valence electrons. The largest absolute Gasteiger partial charge is 0.497 e. The summed E-state index contributed by atoms with van der Waals surface area (Å²) in [7, 11) is 1.69. The van der Waals surface area contributed by atoms with Gasteiger partial charge in [-0.25, -0.2) is 0 Å². The van der Waals surface area contributed by atoms with Gasteiger partial charge in [0, 0.05) is 6.42 Å². The van der Waals surface area contributed by atoms with Crippen LogP contribution in [-0.2, 0) is 12.8 Å².